The molecule has 1 heterocycles. The average Bonchev–Trinajstić information content (AvgIpc) is 2.15. The molecule has 88 valence electrons. The number of nitrogens with zero attached hydrogens (tertiary/aromatic N) is 1. The second-order valence-electron chi connectivity index (χ2n) is 5.17. The molecule has 0 saturated carbocycles. The third-order valence-electron chi connectivity index (χ3n) is 3.23. The Balaban J connectivity index is 2.19. The fraction of sp³-hybridized carbons (Fsp3) is 0.917. The van der Waals surface area contributed by atoms with Crippen molar-refractivity contribution in [3.8, 4) is 0 Å². The van der Waals surface area contributed by atoms with Gasteiger partial charge in [-0.05, 0) is 26.8 Å². The van der Waals surface area contributed by atoms with Crippen LogP contribution in [0.2, 0.25) is 0 Å². The van der Waals surface area contributed by atoms with Crippen LogP contribution in [0.3, 0.4) is 0 Å². The predicted octanol–water partition coefficient (Wildman–Crippen LogP) is 1.71. The lowest BCUT2D eigenvalue weighted by atomic mass is 9.87. The highest BCUT2D eigenvalue weighted by Crippen LogP contribution is 2.28. The summed E-state index contributed by atoms with van der Waals surface area (Å²) < 4.78 is 5.24. The maximum Gasteiger partial charge on any atom is 0.119 e. The highest BCUT2D eigenvalue weighted by Gasteiger charge is 2.34. The Morgan fingerprint density at radius 2 is 2.20 bits per heavy atom. The van der Waals surface area contributed by atoms with Crippen molar-refractivity contribution >= 4 is 6.29 Å². The van der Waals surface area contributed by atoms with Crippen molar-refractivity contribution in [2.45, 2.75) is 39.2 Å². The van der Waals surface area contributed by atoms with Crippen molar-refractivity contribution < 1.29 is 9.53 Å². The van der Waals surface area contributed by atoms with Gasteiger partial charge in [0.25, 0.3) is 0 Å². The quantitative estimate of drug-likeness (QED) is 0.476. The van der Waals surface area contributed by atoms with Crippen LogP contribution in [0, 0.1) is 5.41 Å². The summed E-state index contributed by atoms with van der Waals surface area (Å²) in [5.74, 6) is 0. The molecular weight excluding hydrogens is 190 g/mol. The Kier molecular flexibility index (Phi) is 4.74. The number of hydrogen-bond acceptors (Lipinski definition) is 3. The number of ether oxygens (including phenoxy) is 1. The van der Waals surface area contributed by atoms with E-state index < -0.39 is 0 Å². The first-order chi connectivity index (χ1) is 7.07. The second-order valence-corrected chi connectivity index (χ2v) is 5.17. The van der Waals surface area contributed by atoms with Gasteiger partial charge < -0.3 is 14.4 Å². The lowest BCUT2D eigenvalue weighted by molar-refractivity contribution is -0.116. The minimum atomic E-state index is 0.355. The molecule has 1 atom stereocenters. The van der Waals surface area contributed by atoms with Crippen LogP contribution in [0.15, 0.2) is 0 Å². The first-order valence-corrected chi connectivity index (χ1v) is 5.79. The van der Waals surface area contributed by atoms with Crippen LogP contribution >= 0.6 is 0 Å². The summed E-state index contributed by atoms with van der Waals surface area (Å²) in [6.07, 6.45) is 3.81. The molecule has 0 aromatic heterocycles. The molecule has 15 heavy (non-hydrogen) atoms. The maximum atomic E-state index is 10.2. The summed E-state index contributed by atoms with van der Waals surface area (Å²) in [4.78, 5) is 12.6. The van der Waals surface area contributed by atoms with Gasteiger partial charge in [-0.15, -0.1) is 0 Å². The van der Waals surface area contributed by atoms with E-state index in [0.29, 0.717) is 17.9 Å². The Hall–Kier alpha value is -0.410. The van der Waals surface area contributed by atoms with Gasteiger partial charge in [-0.2, -0.15) is 0 Å². The van der Waals surface area contributed by atoms with Crippen molar-refractivity contribution in [2.75, 3.05) is 26.8 Å². The second kappa shape index (κ2) is 5.61. The van der Waals surface area contributed by atoms with Crippen molar-refractivity contribution in [1.29, 1.82) is 0 Å². The monoisotopic (exact) mass is 213 g/mol. The molecule has 1 saturated heterocycles. The Bertz CT molecular complexity index is 202. The first-order valence-electron chi connectivity index (χ1n) is 5.79. The molecule has 1 rings (SSSR count). The van der Waals surface area contributed by atoms with Gasteiger partial charge in [0.05, 0.1) is 13.2 Å². The normalized spacial score (nSPS) is 21.1. The summed E-state index contributed by atoms with van der Waals surface area (Å²) in [6.45, 7) is 7.37. The van der Waals surface area contributed by atoms with Crippen molar-refractivity contribution in [3.63, 3.8) is 0 Å². The molecule has 1 aliphatic rings. The van der Waals surface area contributed by atoms with E-state index >= 15 is 0 Å². The number of unbranched alkanes of at least 4 members (excludes halogenated alkanes) is 1. The van der Waals surface area contributed by atoms with Crippen LogP contribution in [0.25, 0.3) is 0 Å². The molecule has 1 unspecified atom stereocenters. The Labute approximate surface area is 92.8 Å². The third-order valence-corrected chi connectivity index (χ3v) is 3.23. The van der Waals surface area contributed by atoms with E-state index in [9.17, 15) is 4.79 Å². The number of carbonyl (C=O) groups is 1. The van der Waals surface area contributed by atoms with Crippen LogP contribution in [0.1, 0.15) is 33.1 Å². The van der Waals surface area contributed by atoms with E-state index in [0.717, 1.165) is 38.9 Å². The third kappa shape index (κ3) is 3.92. The van der Waals surface area contributed by atoms with E-state index in [1.54, 1.807) is 0 Å². The summed E-state index contributed by atoms with van der Waals surface area (Å²) in [5, 5.41) is 0. The summed E-state index contributed by atoms with van der Waals surface area (Å²) >= 11 is 0. The van der Waals surface area contributed by atoms with E-state index in [1.165, 1.54) is 0 Å². The summed E-state index contributed by atoms with van der Waals surface area (Å²) in [6, 6.07) is 0.558. The molecule has 1 aliphatic heterocycles. The summed E-state index contributed by atoms with van der Waals surface area (Å²) in [7, 11) is 2.16. The lowest BCUT2D eigenvalue weighted by Crippen LogP contribution is -2.49. The molecular formula is C12H23NO2. The number of aldehydes is 1. The zero-order chi connectivity index (χ0) is 11.3. The SMILES string of the molecule is CC(CCCC=O)N(C)CC1(C)COC1. The molecule has 0 spiro atoms. The smallest absolute Gasteiger partial charge is 0.119 e. The van der Waals surface area contributed by atoms with Gasteiger partial charge >= 0.3 is 0 Å². The molecule has 0 aromatic carbocycles. The van der Waals surface area contributed by atoms with Gasteiger partial charge in [-0.3, -0.25) is 0 Å². The van der Waals surface area contributed by atoms with Crippen LogP contribution < -0.4 is 0 Å². The first kappa shape index (κ1) is 12.7. The molecule has 1 fully saturated rings. The molecule has 0 aliphatic carbocycles. The minimum absolute atomic E-state index is 0.355. The topological polar surface area (TPSA) is 29.5 Å². The van der Waals surface area contributed by atoms with E-state index in [4.69, 9.17) is 4.74 Å². The zero-order valence-corrected chi connectivity index (χ0v) is 10.2. The van der Waals surface area contributed by atoms with Gasteiger partial charge in [0.15, 0.2) is 0 Å². The van der Waals surface area contributed by atoms with Crippen LogP contribution in [0.4, 0.5) is 0 Å². The van der Waals surface area contributed by atoms with Gasteiger partial charge in [0.1, 0.15) is 6.29 Å². The zero-order valence-electron chi connectivity index (χ0n) is 10.2. The molecule has 0 amide bonds. The van der Waals surface area contributed by atoms with Gasteiger partial charge in [-0.25, -0.2) is 0 Å². The van der Waals surface area contributed by atoms with Crippen LogP contribution in [0.5, 0.6) is 0 Å². The highest BCUT2D eigenvalue weighted by atomic mass is 16.5. The van der Waals surface area contributed by atoms with Gasteiger partial charge in [-0.1, -0.05) is 6.92 Å². The van der Waals surface area contributed by atoms with Crippen molar-refractivity contribution in [1.82, 2.24) is 4.90 Å². The lowest BCUT2D eigenvalue weighted by Gasteiger charge is -2.42. The Morgan fingerprint density at radius 3 is 2.67 bits per heavy atom. The van der Waals surface area contributed by atoms with Gasteiger partial charge in [0, 0.05) is 24.4 Å². The Morgan fingerprint density at radius 1 is 1.53 bits per heavy atom. The maximum absolute atomic E-state index is 10.2. The number of hydrogen-bond donors (Lipinski definition) is 0. The molecule has 0 radical (unpaired) electrons. The fourth-order valence-corrected chi connectivity index (χ4v) is 2.02. The van der Waals surface area contributed by atoms with E-state index in [1.807, 2.05) is 0 Å². The molecule has 3 nitrogen and oxygen atoms in total. The number of rotatable bonds is 7. The molecule has 0 aromatic rings. The van der Waals surface area contributed by atoms with Gasteiger partial charge in [0.2, 0.25) is 0 Å². The highest BCUT2D eigenvalue weighted by molar-refractivity contribution is 5.48. The molecule has 0 bridgehead atoms. The van der Waals surface area contributed by atoms with E-state index in [-0.39, 0.29) is 0 Å². The van der Waals surface area contributed by atoms with Crippen molar-refractivity contribution in [2.24, 2.45) is 5.41 Å². The molecule has 3 heteroatoms. The van der Waals surface area contributed by atoms with Crippen molar-refractivity contribution in [3.05, 3.63) is 0 Å². The minimum Gasteiger partial charge on any atom is -0.380 e. The largest absolute Gasteiger partial charge is 0.380 e. The fourth-order valence-electron chi connectivity index (χ4n) is 2.02. The van der Waals surface area contributed by atoms with E-state index in [2.05, 4.69) is 25.8 Å². The summed E-state index contributed by atoms with van der Waals surface area (Å²) in [5.41, 5.74) is 0.355. The predicted molar refractivity (Wildman–Crippen MR) is 60.9 cm³/mol. The van der Waals surface area contributed by atoms with Crippen LogP contribution in [-0.2, 0) is 9.53 Å². The van der Waals surface area contributed by atoms with Crippen LogP contribution in [-0.4, -0.2) is 44.0 Å². The number of carbonyl (C=O) groups excluding carboxylic acids is 1. The average molecular weight is 213 g/mol. The molecule has 0 N–H and O–H groups in total. The standard InChI is InChI=1S/C12H23NO2/c1-11(6-4-5-7-14)13(3)8-12(2)9-15-10-12/h7,11H,4-6,8-10H2,1-3H3.